The van der Waals surface area contributed by atoms with Gasteiger partial charge in [-0.15, -0.1) is 15.3 Å². The Bertz CT molecular complexity index is 976. The van der Waals surface area contributed by atoms with Gasteiger partial charge in [-0.2, -0.15) is 21.0 Å². The highest BCUT2D eigenvalue weighted by molar-refractivity contribution is 7.08. The molecule has 0 atom stereocenters. The summed E-state index contributed by atoms with van der Waals surface area (Å²) in [5.41, 5.74) is 2.56. The van der Waals surface area contributed by atoms with Crippen LogP contribution in [0.3, 0.4) is 0 Å². The van der Waals surface area contributed by atoms with Gasteiger partial charge in [0.25, 0.3) is 0 Å². The number of rotatable bonds is 3. The van der Waals surface area contributed by atoms with Crippen molar-refractivity contribution in [3.8, 4) is 11.4 Å². The Hall–Kier alpha value is -2.74. The first-order valence-corrected chi connectivity index (χ1v) is 8.52. The van der Waals surface area contributed by atoms with E-state index in [0.29, 0.717) is 11.5 Å². The monoisotopic (exact) mass is 339 g/mol. The smallest absolute Gasteiger partial charge is 0.186 e. The molecule has 0 spiro atoms. The maximum Gasteiger partial charge on any atom is 0.186 e. The Morgan fingerprint density at radius 1 is 1.12 bits per heavy atom. The lowest BCUT2D eigenvalue weighted by molar-refractivity contribution is 0.355. The van der Waals surface area contributed by atoms with E-state index >= 15 is 0 Å². The Balaban J connectivity index is 1.68. The first-order chi connectivity index (χ1) is 11.5. The molecule has 0 saturated carbocycles. The van der Waals surface area contributed by atoms with Crippen LogP contribution in [0.2, 0.25) is 0 Å². The molecule has 8 heteroatoms. The predicted molar refractivity (Wildman–Crippen MR) is 94.6 cm³/mol. The molecule has 0 aliphatic carbocycles. The summed E-state index contributed by atoms with van der Waals surface area (Å²) in [6.07, 6.45) is 3.76. The highest BCUT2D eigenvalue weighted by Gasteiger charge is 2.15. The fraction of sp³-hybridized carbons (Fsp3) is 0.250. The van der Waals surface area contributed by atoms with E-state index in [1.165, 1.54) is 0 Å². The average molecular weight is 339 g/mol. The van der Waals surface area contributed by atoms with E-state index in [-0.39, 0.29) is 5.54 Å². The van der Waals surface area contributed by atoms with Crippen LogP contribution in [-0.2, 0) is 5.54 Å². The van der Waals surface area contributed by atoms with Crippen LogP contribution in [0.15, 0.2) is 41.4 Å². The zero-order chi connectivity index (χ0) is 16.7. The van der Waals surface area contributed by atoms with E-state index < -0.39 is 0 Å². The minimum atomic E-state index is -0.0578. The Labute approximate surface area is 143 Å². The number of nitrogens with zero attached hydrogens (tertiary/aromatic N) is 6. The van der Waals surface area contributed by atoms with E-state index in [9.17, 15) is 0 Å². The van der Waals surface area contributed by atoms with Crippen molar-refractivity contribution in [3.63, 3.8) is 0 Å². The van der Waals surface area contributed by atoms with Gasteiger partial charge in [-0.05, 0) is 44.4 Å². The van der Waals surface area contributed by atoms with Crippen molar-refractivity contribution < 1.29 is 0 Å². The first-order valence-electron chi connectivity index (χ1n) is 7.58. The SMILES string of the molecule is CC(C)(C)n1cc(Nc2ccc3nnc(-c4ccsc4)n3n2)cn1. The highest BCUT2D eigenvalue weighted by atomic mass is 32.1. The van der Waals surface area contributed by atoms with E-state index in [1.807, 2.05) is 39.8 Å². The summed E-state index contributed by atoms with van der Waals surface area (Å²) in [5, 5.41) is 24.7. The quantitative estimate of drug-likeness (QED) is 0.618. The molecule has 4 heterocycles. The molecule has 4 rings (SSSR count). The third-order valence-corrected chi connectivity index (χ3v) is 4.27. The molecular formula is C16H17N7S. The van der Waals surface area contributed by atoms with E-state index in [4.69, 9.17) is 0 Å². The van der Waals surface area contributed by atoms with Gasteiger partial charge in [0.05, 0.1) is 17.4 Å². The van der Waals surface area contributed by atoms with E-state index in [0.717, 1.165) is 17.1 Å². The number of hydrogen-bond acceptors (Lipinski definition) is 6. The van der Waals surface area contributed by atoms with Crippen LogP contribution < -0.4 is 5.32 Å². The van der Waals surface area contributed by atoms with Gasteiger partial charge < -0.3 is 5.32 Å². The molecule has 0 aliphatic rings. The average Bonchev–Trinajstić information content (AvgIpc) is 3.26. The Morgan fingerprint density at radius 2 is 2.00 bits per heavy atom. The zero-order valence-corrected chi connectivity index (χ0v) is 14.4. The lowest BCUT2D eigenvalue weighted by Crippen LogP contribution is -2.21. The second-order valence-electron chi connectivity index (χ2n) is 6.49. The normalized spacial score (nSPS) is 12.0. The topological polar surface area (TPSA) is 72.9 Å². The summed E-state index contributed by atoms with van der Waals surface area (Å²) in [4.78, 5) is 0. The van der Waals surface area contributed by atoms with Crippen LogP contribution in [0.4, 0.5) is 11.5 Å². The number of anilines is 2. The van der Waals surface area contributed by atoms with Gasteiger partial charge in [0.15, 0.2) is 17.3 Å². The van der Waals surface area contributed by atoms with Crippen molar-refractivity contribution in [1.29, 1.82) is 0 Å². The van der Waals surface area contributed by atoms with Crippen molar-refractivity contribution in [3.05, 3.63) is 41.4 Å². The lowest BCUT2D eigenvalue weighted by Gasteiger charge is -2.18. The van der Waals surface area contributed by atoms with Gasteiger partial charge in [-0.1, -0.05) is 0 Å². The fourth-order valence-corrected chi connectivity index (χ4v) is 2.96. The van der Waals surface area contributed by atoms with Crippen molar-refractivity contribution in [2.75, 3.05) is 5.32 Å². The molecule has 0 radical (unpaired) electrons. The van der Waals surface area contributed by atoms with Gasteiger partial charge in [0.1, 0.15) is 0 Å². The largest absolute Gasteiger partial charge is 0.336 e. The minimum Gasteiger partial charge on any atom is -0.336 e. The number of thiophene rings is 1. The summed E-state index contributed by atoms with van der Waals surface area (Å²) < 4.78 is 3.67. The lowest BCUT2D eigenvalue weighted by atomic mass is 10.1. The zero-order valence-electron chi connectivity index (χ0n) is 13.6. The molecular weight excluding hydrogens is 322 g/mol. The summed E-state index contributed by atoms with van der Waals surface area (Å²) in [5.74, 6) is 1.45. The van der Waals surface area contributed by atoms with Gasteiger partial charge in [-0.3, -0.25) is 4.68 Å². The van der Waals surface area contributed by atoms with E-state index in [1.54, 1.807) is 22.0 Å². The standard InChI is InChI=1S/C16H17N7S/c1-16(2,3)22-9-12(8-17-22)18-13-4-5-14-19-20-15(23(14)21-13)11-6-7-24-10-11/h4-10H,1-3H3,(H,18,21). The molecule has 7 nitrogen and oxygen atoms in total. The van der Waals surface area contributed by atoms with Gasteiger partial charge in [0, 0.05) is 17.1 Å². The number of aromatic nitrogens is 6. The molecule has 122 valence electrons. The molecule has 0 aromatic carbocycles. The highest BCUT2D eigenvalue weighted by Crippen LogP contribution is 2.22. The van der Waals surface area contributed by atoms with Crippen LogP contribution in [0.1, 0.15) is 20.8 Å². The minimum absolute atomic E-state index is 0.0578. The van der Waals surface area contributed by atoms with Crippen molar-refractivity contribution >= 4 is 28.5 Å². The molecule has 0 amide bonds. The van der Waals surface area contributed by atoms with Gasteiger partial charge in [-0.25, -0.2) is 0 Å². The summed E-state index contributed by atoms with van der Waals surface area (Å²) in [6, 6.07) is 5.79. The van der Waals surface area contributed by atoms with Crippen molar-refractivity contribution in [2.45, 2.75) is 26.3 Å². The number of hydrogen-bond donors (Lipinski definition) is 1. The van der Waals surface area contributed by atoms with Crippen molar-refractivity contribution in [2.24, 2.45) is 0 Å². The molecule has 0 fully saturated rings. The molecule has 0 bridgehead atoms. The third-order valence-electron chi connectivity index (χ3n) is 3.58. The fourth-order valence-electron chi connectivity index (χ4n) is 2.33. The van der Waals surface area contributed by atoms with Crippen LogP contribution in [0.25, 0.3) is 17.0 Å². The maximum atomic E-state index is 4.61. The first kappa shape index (κ1) is 14.8. The third kappa shape index (κ3) is 2.65. The second-order valence-corrected chi connectivity index (χ2v) is 7.27. The Kier molecular flexibility index (Phi) is 3.34. The van der Waals surface area contributed by atoms with E-state index in [2.05, 4.69) is 46.5 Å². The molecule has 0 unspecified atom stereocenters. The summed E-state index contributed by atoms with van der Waals surface area (Å²) >= 11 is 1.62. The van der Waals surface area contributed by atoms with Crippen LogP contribution >= 0.6 is 11.3 Å². The Morgan fingerprint density at radius 3 is 2.71 bits per heavy atom. The van der Waals surface area contributed by atoms with Crippen molar-refractivity contribution in [1.82, 2.24) is 29.6 Å². The molecule has 1 N–H and O–H groups in total. The molecule has 4 aromatic heterocycles. The predicted octanol–water partition coefficient (Wildman–Crippen LogP) is 3.55. The molecule has 0 aliphatic heterocycles. The summed E-state index contributed by atoms with van der Waals surface area (Å²) in [6.45, 7) is 6.33. The maximum absolute atomic E-state index is 4.61. The van der Waals surface area contributed by atoms with Gasteiger partial charge >= 0.3 is 0 Å². The second kappa shape index (κ2) is 5.41. The number of fused-ring (bicyclic) bond motifs is 1. The molecule has 24 heavy (non-hydrogen) atoms. The molecule has 0 saturated heterocycles. The van der Waals surface area contributed by atoms with Crippen LogP contribution in [0.5, 0.6) is 0 Å². The van der Waals surface area contributed by atoms with Crippen LogP contribution in [-0.4, -0.2) is 29.6 Å². The number of nitrogens with one attached hydrogen (secondary N) is 1. The van der Waals surface area contributed by atoms with Crippen LogP contribution in [0, 0.1) is 0 Å². The summed E-state index contributed by atoms with van der Waals surface area (Å²) in [7, 11) is 0. The van der Waals surface area contributed by atoms with Gasteiger partial charge in [0.2, 0.25) is 0 Å². The molecule has 4 aromatic rings.